The number of nitriles is 1. The molecule has 0 saturated carbocycles. The second-order valence-electron chi connectivity index (χ2n) is 5.60. The Labute approximate surface area is 151 Å². The normalized spacial score (nSPS) is 10.5. The van der Waals surface area contributed by atoms with Crippen molar-refractivity contribution >= 4 is 5.88 Å². The van der Waals surface area contributed by atoms with Crippen LogP contribution in [0.3, 0.4) is 0 Å². The van der Waals surface area contributed by atoms with E-state index in [-0.39, 0.29) is 18.2 Å². The van der Waals surface area contributed by atoms with Crippen LogP contribution in [0.5, 0.6) is 5.75 Å². The molecule has 3 aromatic rings. The number of ether oxygens (including phenoxy) is 2. The third-order valence-electron chi connectivity index (χ3n) is 3.57. The van der Waals surface area contributed by atoms with E-state index in [1.807, 2.05) is 37.3 Å². The van der Waals surface area contributed by atoms with E-state index in [9.17, 15) is 5.26 Å². The third kappa shape index (κ3) is 4.23. The van der Waals surface area contributed by atoms with E-state index < -0.39 is 0 Å². The smallest absolute Gasteiger partial charge is 0.266 e. The van der Waals surface area contributed by atoms with Gasteiger partial charge < -0.3 is 23.6 Å². The SMILES string of the molecule is COCCNc1oc(-c2ccc(COc3cccc(C)c3)o2)nc1C#N. The van der Waals surface area contributed by atoms with E-state index in [2.05, 4.69) is 10.3 Å². The van der Waals surface area contributed by atoms with Crippen LogP contribution in [0, 0.1) is 18.3 Å². The number of aryl methyl sites for hydroxylation is 1. The molecule has 2 heterocycles. The molecule has 0 amide bonds. The van der Waals surface area contributed by atoms with E-state index in [1.54, 1.807) is 19.2 Å². The molecule has 0 saturated heterocycles. The highest BCUT2D eigenvalue weighted by atomic mass is 16.5. The number of nitrogens with one attached hydrogen (secondary N) is 1. The average Bonchev–Trinajstić information content (AvgIpc) is 3.27. The molecule has 1 aromatic carbocycles. The van der Waals surface area contributed by atoms with Gasteiger partial charge in [0.1, 0.15) is 24.2 Å². The fourth-order valence-electron chi connectivity index (χ4n) is 2.32. The van der Waals surface area contributed by atoms with Crippen molar-refractivity contribution in [2.24, 2.45) is 0 Å². The predicted molar refractivity (Wildman–Crippen MR) is 94.8 cm³/mol. The van der Waals surface area contributed by atoms with E-state index in [4.69, 9.17) is 18.3 Å². The second-order valence-corrected chi connectivity index (χ2v) is 5.60. The minimum Gasteiger partial charge on any atom is -0.486 e. The summed E-state index contributed by atoms with van der Waals surface area (Å²) in [5.74, 6) is 2.38. The molecule has 3 rings (SSSR count). The summed E-state index contributed by atoms with van der Waals surface area (Å²) in [5, 5.41) is 12.1. The van der Waals surface area contributed by atoms with Gasteiger partial charge in [-0.05, 0) is 36.8 Å². The Morgan fingerprint density at radius 2 is 2.12 bits per heavy atom. The molecule has 0 aliphatic heterocycles. The number of benzene rings is 1. The fraction of sp³-hybridized carbons (Fsp3) is 0.263. The molecule has 1 N–H and O–H groups in total. The number of aromatic nitrogens is 1. The highest BCUT2D eigenvalue weighted by Crippen LogP contribution is 2.27. The Balaban J connectivity index is 1.68. The van der Waals surface area contributed by atoms with E-state index in [0.29, 0.717) is 30.6 Å². The van der Waals surface area contributed by atoms with Gasteiger partial charge >= 0.3 is 0 Å². The zero-order chi connectivity index (χ0) is 18.4. The lowest BCUT2D eigenvalue weighted by Crippen LogP contribution is -2.07. The summed E-state index contributed by atoms with van der Waals surface area (Å²) in [5.41, 5.74) is 1.30. The zero-order valence-corrected chi connectivity index (χ0v) is 14.6. The zero-order valence-electron chi connectivity index (χ0n) is 14.6. The highest BCUT2D eigenvalue weighted by Gasteiger charge is 2.17. The first-order chi connectivity index (χ1) is 12.7. The van der Waals surface area contributed by atoms with Crippen molar-refractivity contribution in [2.45, 2.75) is 13.5 Å². The molecule has 0 fully saturated rings. The quantitative estimate of drug-likeness (QED) is 0.616. The molecule has 7 nitrogen and oxygen atoms in total. The van der Waals surface area contributed by atoms with Gasteiger partial charge in [0.05, 0.1) is 6.61 Å². The minimum absolute atomic E-state index is 0.171. The summed E-state index contributed by atoms with van der Waals surface area (Å²) < 4.78 is 22.0. The van der Waals surface area contributed by atoms with Gasteiger partial charge in [0, 0.05) is 13.7 Å². The molecule has 0 bridgehead atoms. The maximum atomic E-state index is 9.18. The maximum absolute atomic E-state index is 9.18. The molecular weight excluding hydrogens is 334 g/mol. The average molecular weight is 353 g/mol. The summed E-state index contributed by atoms with van der Waals surface area (Å²) in [6.45, 7) is 3.29. The first kappa shape index (κ1) is 17.6. The van der Waals surface area contributed by atoms with Crippen LogP contribution < -0.4 is 10.1 Å². The number of furan rings is 1. The van der Waals surface area contributed by atoms with Crippen LogP contribution in [0.4, 0.5) is 5.88 Å². The Hall–Kier alpha value is -3.24. The molecule has 0 unspecified atom stereocenters. The highest BCUT2D eigenvalue weighted by molar-refractivity contribution is 5.54. The molecule has 7 heteroatoms. The van der Waals surface area contributed by atoms with Gasteiger partial charge in [0.25, 0.3) is 5.89 Å². The predicted octanol–water partition coefficient (Wildman–Crippen LogP) is 3.75. The molecule has 26 heavy (non-hydrogen) atoms. The topological polar surface area (TPSA) is 93.4 Å². The van der Waals surface area contributed by atoms with Crippen molar-refractivity contribution in [3.63, 3.8) is 0 Å². The third-order valence-corrected chi connectivity index (χ3v) is 3.57. The number of methoxy groups -OCH3 is 1. The standard InChI is InChI=1S/C19H19N3O4/c1-13-4-3-5-14(10-13)24-12-15-6-7-17(25-15)19-22-16(11-20)18(26-19)21-8-9-23-2/h3-7,10,21H,8-9,12H2,1-2H3. The number of hydrogen-bond acceptors (Lipinski definition) is 7. The first-order valence-electron chi connectivity index (χ1n) is 8.12. The molecule has 0 aliphatic rings. The van der Waals surface area contributed by atoms with Crippen molar-refractivity contribution in [3.05, 3.63) is 53.4 Å². The molecule has 0 atom stereocenters. The number of rotatable bonds is 8. The fourth-order valence-corrected chi connectivity index (χ4v) is 2.32. The Bertz CT molecular complexity index is 908. The summed E-state index contributed by atoms with van der Waals surface area (Å²) >= 11 is 0. The van der Waals surface area contributed by atoms with Crippen LogP contribution in [-0.2, 0) is 11.3 Å². The largest absolute Gasteiger partial charge is 0.486 e. The Morgan fingerprint density at radius 3 is 2.88 bits per heavy atom. The molecular formula is C19H19N3O4. The van der Waals surface area contributed by atoms with Gasteiger partial charge in [-0.3, -0.25) is 0 Å². The molecule has 0 aliphatic carbocycles. The second kappa shape index (κ2) is 8.23. The lowest BCUT2D eigenvalue weighted by atomic mass is 10.2. The van der Waals surface area contributed by atoms with Gasteiger partial charge in [-0.15, -0.1) is 0 Å². The number of oxazole rings is 1. The van der Waals surface area contributed by atoms with Crippen molar-refractivity contribution in [3.8, 4) is 23.5 Å². The van der Waals surface area contributed by atoms with Gasteiger partial charge in [0.2, 0.25) is 11.6 Å². The summed E-state index contributed by atoms with van der Waals surface area (Å²) in [6, 6.07) is 13.3. The minimum atomic E-state index is 0.171. The van der Waals surface area contributed by atoms with E-state index in [1.165, 1.54) is 0 Å². The van der Waals surface area contributed by atoms with Gasteiger partial charge in [-0.2, -0.15) is 10.2 Å². The van der Waals surface area contributed by atoms with Crippen molar-refractivity contribution in [1.82, 2.24) is 4.98 Å². The monoisotopic (exact) mass is 353 g/mol. The van der Waals surface area contributed by atoms with Crippen LogP contribution in [0.15, 0.2) is 45.2 Å². The maximum Gasteiger partial charge on any atom is 0.266 e. The summed E-state index contributed by atoms with van der Waals surface area (Å²) in [7, 11) is 1.60. The van der Waals surface area contributed by atoms with Crippen molar-refractivity contribution < 1.29 is 18.3 Å². The van der Waals surface area contributed by atoms with Crippen LogP contribution in [-0.4, -0.2) is 25.2 Å². The Morgan fingerprint density at radius 1 is 1.23 bits per heavy atom. The molecule has 0 spiro atoms. The number of hydrogen-bond donors (Lipinski definition) is 1. The lowest BCUT2D eigenvalue weighted by molar-refractivity contribution is 0.210. The van der Waals surface area contributed by atoms with Crippen molar-refractivity contribution in [1.29, 1.82) is 5.26 Å². The molecule has 134 valence electrons. The van der Waals surface area contributed by atoms with Crippen LogP contribution >= 0.6 is 0 Å². The molecule has 2 aromatic heterocycles. The number of nitrogens with zero attached hydrogens (tertiary/aromatic N) is 2. The van der Waals surface area contributed by atoms with Gasteiger partial charge in [-0.1, -0.05) is 12.1 Å². The van der Waals surface area contributed by atoms with E-state index >= 15 is 0 Å². The lowest BCUT2D eigenvalue weighted by Gasteiger charge is -2.04. The Kier molecular flexibility index (Phi) is 5.56. The number of anilines is 1. The van der Waals surface area contributed by atoms with Crippen molar-refractivity contribution in [2.75, 3.05) is 25.6 Å². The van der Waals surface area contributed by atoms with E-state index in [0.717, 1.165) is 11.3 Å². The van der Waals surface area contributed by atoms with Crippen LogP contribution in [0.1, 0.15) is 17.0 Å². The van der Waals surface area contributed by atoms with Crippen LogP contribution in [0.25, 0.3) is 11.7 Å². The summed E-state index contributed by atoms with van der Waals surface area (Å²) in [4.78, 5) is 4.16. The van der Waals surface area contributed by atoms with Crippen LogP contribution in [0.2, 0.25) is 0 Å². The first-order valence-corrected chi connectivity index (χ1v) is 8.12. The summed E-state index contributed by atoms with van der Waals surface area (Å²) in [6.07, 6.45) is 0. The van der Waals surface area contributed by atoms with Gasteiger partial charge in [-0.25, -0.2) is 0 Å². The van der Waals surface area contributed by atoms with Gasteiger partial charge in [0.15, 0.2) is 5.76 Å². The molecule has 0 radical (unpaired) electrons.